The van der Waals surface area contributed by atoms with Crippen LogP contribution in [0.1, 0.15) is 11.1 Å². The van der Waals surface area contributed by atoms with Crippen molar-refractivity contribution in [1.82, 2.24) is 39.0 Å². The number of nitriles is 1. The minimum absolute atomic E-state index is 0.261. The number of hydrogen-bond acceptors (Lipinski definition) is 7. The quantitative estimate of drug-likeness (QED) is 0.142. The fraction of sp³-hybridized carbons (Fsp3) is 0.0147. The molecule has 10 aromatic carbocycles. The van der Waals surface area contributed by atoms with E-state index in [9.17, 15) is 5.26 Å². The van der Waals surface area contributed by atoms with E-state index in [1.807, 2.05) is 221 Å². The molecule has 0 spiro atoms. The van der Waals surface area contributed by atoms with E-state index in [1.54, 1.807) is 18.2 Å². The fourth-order valence-corrected chi connectivity index (χ4v) is 10.8. The van der Waals surface area contributed by atoms with Crippen molar-refractivity contribution in [3.05, 3.63) is 254 Å². The molecule has 0 N–H and O–H groups in total. The zero-order valence-electron chi connectivity index (χ0n) is 42.3. The van der Waals surface area contributed by atoms with E-state index in [2.05, 4.69) is 6.07 Å². The summed E-state index contributed by atoms with van der Waals surface area (Å²) in [7, 11) is 0. The number of halogens is 3. The second-order valence-electron chi connectivity index (χ2n) is 19.3. The van der Waals surface area contributed by atoms with Crippen molar-refractivity contribution >= 4 is 43.6 Å². The maximum absolute atomic E-state index is 15.9. The molecule has 4 heterocycles. The lowest BCUT2D eigenvalue weighted by atomic mass is 9.96. The molecule has 378 valence electrons. The molecule has 0 unspecified atom stereocenters. The van der Waals surface area contributed by atoms with E-state index in [0.717, 1.165) is 43.8 Å². The number of hydrogen-bond donors (Lipinski definition) is 0. The van der Waals surface area contributed by atoms with Crippen LogP contribution in [0.3, 0.4) is 0 Å². The van der Waals surface area contributed by atoms with Gasteiger partial charge in [0, 0.05) is 60.5 Å². The summed E-state index contributed by atoms with van der Waals surface area (Å²) in [5.41, 5.74) is 8.33. The minimum Gasteiger partial charge on any atom is -0.309 e. The highest BCUT2D eigenvalue weighted by Gasteiger charge is 2.35. The Bertz CT molecular complexity index is 4380. The zero-order valence-corrected chi connectivity index (χ0v) is 42.3. The number of aromatic nitrogens is 8. The second-order valence-corrected chi connectivity index (χ2v) is 19.3. The van der Waals surface area contributed by atoms with Gasteiger partial charge in [-0.3, -0.25) is 0 Å². The van der Waals surface area contributed by atoms with Gasteiger partial charge < -0.3 is 9.13 Å². The van der Waals surface area contributed by atoms with E-state index in [1.165, 1.54) is 12.1 Å². The Kier molecular flexibility index (Phi) is 11.5. The first kappa shape index (κ1) is 47.5. The Labute approximate surface area is 455 Å². The smallest absolute Gasteiger partial charge is 0.309 e. The second kappa shape index (κ2) is 19.3. The van der Waals surface area contributed by atoms with Crippen LogP contribution in [0, 0.1) is 11.3 Å². The summed E-state index contributed by atoms with van der Waals surface area (Å²) in [6, 6.07) is 77.7. The zero-order chi connectivity index (χ0) is 53.9. The van der Waals surface area contributed by atoms with Gasteiger partial charge in [-0.2, -0.15) is 18.4 Å². The average molecular weight is 1040 g/mol. The summed E-state index contributed by atoms with van der Waals surface area (Å²) < 4.78 is 51.6. The molecule has 80 heavy (non-hydrogen) atoms. The minimum atomic E-state index is -4.79. The van der Waals surface area contributed by atoms with E-state index in [0.29, 0.717) is 84.8 Å². The molecule has 0 saturated heterocycles. The van der Waals surface area contributed by atoms with Gasteiger partial charge in [-0.05, 0) is 78.4 Å². The molecule has 0 saturated carbocycles. The first-order chi connectivity index (χ1) is 39.2. The fourth-order valence-electron chi connectivity index (χ4n) is 10.8. The van der Waals surface area contributed by atoms with Crippen molar-refractivity contribution in [2.75, 3.05) is 0 Å². The molecule has 14 rings (SSSR count). The largest absolute Gasteiger partial charge is 0.416 e. The Hall–Kier alpha value is -10.9. The molecule has 0 aliphatic heterocycles. The third kappa shape index (κ3) is 8.37. The maximum Gasteiger partial charge on any atom is 0.416 e. The summed E-state index contributed by atoms with van der Waals surface area (Å²) in [4.78, 5) is 29.8. The van der Waals surface area contributed by atoms with E-state index < -0.39 is 11.7 Å². The lowest BCUT2D eigenvalue weighted by molar-refractivity contribution is -0.137. The molecular weight excluding hydrogens is 1000 g/mol. The monoisotopic (exact) mass is 1040 g/mol. The number of fused-ring (bicyclic) bond motifs is 6. The number of para-hydroxylation sites is 2. The molecule has 9 nitrogen and oxygen atoms in total. The Morgan fingerprint density at radius 1 is 0.312 bits per heavy atom. The molecule has 0 aliphatic rings. The maximum atomic E-state index is 15.9. The molecular formula is C68H40F3N9. The number of benzene rings is 10. The standard InChI is InChI=1S/C68H40F3N9/c69-68(70,71)50-39-59(79-55-30-15-13-28-51(55)53-37-48(32-34-57(53)79)66-75-62(43-19-5-1-6-20-43)73-63(76-66)44-21-7-2-8-22-44)61(47-27-17-18-42(36-47)41-72)60(40-50)80-56-31-16-14-29-52(56)54-38-49(33-35-58(54)80)67-77-64(45-23-9-3-10-24-45)74-65(78-67)46-25-11-4-12-26-46/h1-40H. The molecule has 0 aliphatic carbocycles. The Balaban J connectivity index is 1.02. The number of nitrogens with zero attached hydrogens (tertiary/aromatic N) is 9. The molecule has 14 aromatic rings. The van der Waals surface area contributed by atoms with Gasteiger partial charge >= 0.3 is 6.18 Å². The van der Waals surface area contributed by atoms with Crippen LogP contribution in [0.4, 0.5) is 13.2 Å². The van der Waals surface area contributed by atoms with Gasteiger partial charge in [-0.1, -0.05) is 170 Å². The topological polar surface area (TPSA) is 111 Å². The first-order valence-electron chi connectivity index (χ1n) is 25.8. The van der Waals surface area contributed by atoms with Crippen molar-refractivity contribution in [2.24, 2.45) is 0 Å². The molecule has 12 heteroatoms. The predicted molar refractivity (Wildman–Crippen MR) is 310 cm³/mol. The Morgan fingerprint density at radius 2 is 0.650 bits per heavy atom. The lowest BCUT2D eigenvalue weighted by Crippen LogP contribution is -2.11. The third-order valence-electron chi connectivity index (χ3n) is 14.4. The summed E-state index contributed by atoms with van der Waals surface area (Å²) in [5, 5.41) is 13.5. The highest BCUT2D eigenvalue weighted by Crippen LogP contribution is 2.46. The van der Waals surface area contributed by atoms with Crippen molar-refractivity contribution in [1.29, 1.82) is 5.26 Å². The number of alkyl halides is 3. The molecule has 0 bridgehead atoms. The van der Waals surface area contributed by atoms with Crippen LogP contribution in [-0.2, 0) is 6.18 Å². The van der Waals surface area contributed by atoms with E-state index in [-0.39, 0.29) is 11.4 Å². The summed E-state index contributed by atoms with van der Waals surface area (Å²) in [5.74, 6) is 2.87. The van der Waals surface area contributed by atoms with Crippen LogP contribution >= 0.6 is 0 Å². The van der Waals surface area contributed by atoms with Crippen molar-refractivity contribution in [3.63, 3.8) is 0 Å². The highest BCUT2D eigenvalue weighted by molar-refractivity contribution is 6.13. The molecule has 0 amide bonds. The van der Waals surface area contributed by atoms with Crippen LogP contribution in [0.25, 0.3) is 134 Å². The SMILES string of the molecule is N#Cc1cccc(-c2c(-n3c4ccccc4c4cc(-c5nc(-c6ccccc6)nc(-c6ccccc6)n5)ccc43)cc(C(F)(F)F)cc2-n2c3ccccc3c3cc(-c4nc(-c5ccccc5)nc(-c5ccccc5)n4)ccc32)c1. The van der Waals surface area contributed by atoms with Crippen LogP contribution in [0.15, 0.2) is 243 Å². The first-order valence-corrected chi connectivity index (χ1v) is 25.8. The number of rotatable bonds is 9. The van der Waals surface area contributed by atoms with E-state index in [4.69, 9.17) is 29.9 Å². The predicted octanol–water partition coefficient (Wildman–Crippen LogP) is 16.8. The van der Waals surface area contributed by atoms with E-state index >= 15 is 13.2 Å². The Morgan fingerprint density at radius 3 is 1.02 bits per heavy atom. The van der Waals surface area contributed by atoms with Gasteiger partial charge in [0.25, 0.3) is 0 Å². The molecule has 0 radical (unpaired) electrons. The van der Waals surface area contributed by atoms with Crippen molar-refractivity contribution in [2.45, 2.75) is 6.18 Å². The van der Waals surface area contributed by atoms with Gasteiger partial charge in [0.1, 0.15) is 0 Å². The summed E-state index contributed by atoms with van der Waals surface area (Å²) >= 11 is 0. The van der Waals surface area contributed by atoms with Crippen LogP contribution in [-0.4, -0.2) is 39.0 Å². The summed E-state index contributed by atoms with van der Waals surface area (Å²) in [6.45, 7) is 0. The highest BCUT2D eigenvalue weighted by atomic mass is 19.4. The van der Waals surface area contributed by atoms with Gasteiger partial charge in [-0.15, -0.1) is 0 Å². The van der Waals surface area contributed by atoms with Crippen LogP contribution in [0.2, 0.25) is 0 Å². The van der Waals surface area contributed by atoms with Crippen molar-refractivity contribution in [3.8, 4) is 96.9 Å². The van der Waals surface area contributed by atoms with Crippen LogP contribution in [0.5, 0.6) is 0 Å². The molecule has 4 aromatic heterocycles. The van der Waals surface area contributed by atoms with Gasteiger partial charge in [0.05, 0.1) is 50.6 Å². The van der Waals surface area contributed by atoms with Crippen LogP contribution < -0.4 is 0 Å². The normalized spacial score (nSPS) is 11.7. The van der Waals surface area contributed by atoms with Gasteiger partial charge in [0.15, 0.2) is 34.9 Å². The van der Waals surface area contributed by atoms with Gasteiger partial charge in [0.2, 0.25) is 0 Å². The van der Waals surface area contributed by atoms with Crippen molar-refractivity contribution < 1.29 is 13.2 Å². The lowest BCUT2D eigenvalue weighted by Gasteiger charge is -2.23. The van der Waals surface area contributed by atoms with Gasteiger partial charge in [-0.25, -0.2) is 29.9 Å². The average Bonchev–Trinajstić information content (AvgIpc) is 4.19. The third-order valence-corrected chi connectivity index (χ3v) is 14.4. The molecule has 0 fully saturated rings. The molecule has 0 atom stereocenters. The summed E-state index contributed by atoms with van der Waals surface area (Å²) in [6.07, 6.45) is -4.79.